The van der Waals surface area contributed by atoms with Crippen molar-refractivity contribution < 1.29 is 33.6 Å². The van der Waals surface area contributed by atoms with Gasteiger partial charge in [-0.25, -0.2) is 0 Å². The summed E-state index contributed by atoms with van der Waals surface area (Å²) >= 11 is 0. The molecule has 40 heavy (non-hydrogen) atoms. The third-order valence-corrected chi connectivity index (χ3v) is 6.27. The number of carbonyl (C=O) groups is 1. The molecule has 8 heteroatoms. The van der Waals surface area contributed by atoms with E-state index >= 15 is 0 Å². The van der Waals surface area contributed by atoms with Gasteiger partial charge in [0.1, 0.15) is 57.6 Å². The van der Waals surface area contributed by atoms with Crippen molar-refractivity contribution in [3.63, 3.8) is 0 Å². The van der Waals surface area contributed by atoms with Crippen molar-refractivity contribution in [2.75, 3.05) is 20.8 Å². The second-order valence-corrected chi connectivity index (χ2v) is 9.17. The molecule has 5 rings (SSSR count). The lowest BCUT2D eigenvalue weighted by Gasteiger charge is -2.11. The Morgan fingerprint density at radius 3 is 2.45 bits per heavy atom. The molecular formula is C32H30O8. The van der Waals surface area contributed by atoms with E-state index in [1.807, 2.05) is 43.3 Å². The number of benzene rings is 3. The van der Waals surface area contributed by atoms with Gasteiger partial charge in [-0.2, -0.15) is 0 Å². The van der Waals surface area contributed by atoms with E-state index in [1.165, 1.54) is 32.4 Å². The third kappa shape index (κ3) is 6.18. The molecule has 0 saturated heterocycles. The first-order valence-corrected chi connectivity index (χ1v) is 12.5. The van der Waals surface area contributed by atoms with Gasteiger partial charge < -0.3 is 28.8 Å². The maximum atomic E-state index is 12.3. The highest BCUT2D eigenvalue weighted by Gasteiger charge is 2.19. The Balaban J connectivity index is 0.000000186. The van der Waals surface area contributed by atoms with Crippen LogP contribution < -0.4 is 19.6 Å². The number of allylic oxidation sites excluding steroid dienone is 2. The van der Waals surface area contributed by atoms with Gasteiger partial charge >= 0.3 is 0 Å². The summed E-state index contributed by atoms with van der Waals surface area (Å²) in [5, 5.41) is 20.5. The van der Waals surface area contributed by atoms with Crippen molar-refractivity contribution in [2.24, 2.45) is 0 Å². The number of ketones is 1. The Morgan fingerprint density at radius 1 is 1.00 bits per heavy atom. The predicted molar refractivity (Wildman–Crippen MR) is 153 cm³/mol. The van der Waals surface area contributed by atoms with Crippen LogP contribution in [0.2, 0.25) is 0 Å². The summed E-state index contributed by atoms with van der Waals surface area (Å²) in [7, 11) is 2.91. The molecule has 0 amide bonds. The Labute approximate surface area is 231 Å². The second kappa shape index (κ2) is 12.3. The standard InChI is InChI=1S/C17H16O4.C15H14O4/c1-20-13-10-15(19)17(16(11-13)21-2)14(18)9-8-12-6-4-3-5-7-12;1-8-3-4-10-12(18-7-8)6-13-14(15(10)17)11(16)5-9(2)19-13/h3-11,19H,1-2H3;3,5-6,17H,4,7H2,1-2H3. The van der Waals surface area contributed by atoms with Crippen LogP contribution in [0.1, 0.15) is 34.2 Å². The van der Waals surface area contributed by atoms with Crippen LogP contribution in [0.3, 0.4) is 0 Å². The number of ether oxygens (including phenoxy) is 3. The molecule has 0 spiro atoms. The van der Waals surface area contributed by atoms with Crippen LogP contribution in [0.15, 0.2) is 81.5 Å². The van der Waals surface area contributed by atoms with Crippen molar-refractivity contribution in [1.29, 1.82) is 0 Å². The van der Waals surface area contributed by atoms with Crippen molar-refractivity contribution >= 4 is 22.8 Å². The lowest BCUT2D eigenvalue weighted by molar-refractivity contribution is 0.104. The molecule has 2 N–H and O–H groups in total. The summed E-state index contributed by atoms with van der Waals surface area (Å²) in [5.41, 5.74) is 2.88. The molecule has 1 aliphatic heterocycles. The van der Waals surface area contributed by atoms with Crippen LogP contribution in [0.4, 0.5) is 0 Å². The quantitative estimate of drug-likeness (QED) is 0.179. The van der Waals surface area contributed by atoms with E-state index in [2.05, 4.69) is 0 Å². The Kier molecular flexibility index (Phi) is 8.59. The SMILES string of the molecule is CC1=CCc2c(cc3oc(C)cc(=O)c3c2O)OC1.COc1cc(O)c(C(=O)C=Cc2ccccc2)c(OC)c1. The van der Waals surface area contributed by atoms with Gasteiger partial charge in [0, 0.05) is 29.8 Å². The van der Waals surface area contributed by atoms with Gasteiger partial charge in [0.15, 0.2) is 11.2 Å². The highest BCUT2D eigenvalue weighted by molar-refractivity contribution is 6.10. The first-order chi connectivity index (χ1) is 19.2. The predicted octanol–water partition coefficient (Wildman–Crippen LogP) is 5.99. The number of hydrogen-bond donors (Lipinski definition) is 2. The summed E-state index contributed by atoms with van der Waals surface area (Å²) in [5.74, 6) is 1.24. The molecule has 1 aromatic heterocycles. The average Bonchev–Trinajstić information content (AvgIpc) is 3.13. The van der Waals surface area contributed by atoms with E-state index in [0.717, 1.165) is 11.1 Å². The summed E-state index contributed by atoms with van der Waals surface area (Å²) in [6, 6.07) is 15.4. The molecule has 206 valence electrons. The molecule has 0 bridgehead atoms. The normalized spacial score (nSPS) is 12.4. The van der Waals surface area contributed by atoms with Gasteiger partial charge in [0.25, 0.3) is 0 Å². The molecule has 0 fully saturated rings. The first-order valence-electron chi connectivity index (χ1n) is 12.5. The van der Waals surface area contributed by atoms with Crippen molar-refractivity contribution in [3.05, 3.63) is 105 Å². The number of phenols is 2. The van der Waals surface area contributed by atoms with E-state index in [1.54, 1.807) is 25.1 Å². The zero-order chi connectivity index (χ0) is 28.8. The maximum absolute atomic E-state index is 12.3. The lowest BCUT2D eigenvalue weighted by Crippen LogP contribution is -2.04. The number of phenolic OH excluding ortho intramolecular Hbond substituents is 2. The van der Waals surface area contributed by atoms with Gasteiger partial charge in [0.05, 0.1) is 14.2 Å². The summed E-state index contributed by atoms with van der Waals surface area (Å²) in [4.78, 5) is 24.2. The van der Waals surface area contributed by atoms with E-state index in [-0.39, 0.29) is 39.4 Å². The number of aryl methyl sites for hydroxylation is 1. The minimum Gasteiger partial charge on any atom is -0.507 e. The Hall–Kier alpha value is -4.98. The highest BCUT2D eigenvalue weighted by atomic mass is 16.5. The third-order valence-electron chi connectivity index (χ3n) is 6.27. The molecule has 0 radical (unpaired) electrons. The van der Waals surface area contributed by atoms with Crippen LogP contribution in [0, 0.1) is 6.92 Å². The van der Waals surface area contributed by atoms with Crippen LogP contribution in [-0.2, 0) is 6.42 Å². The van der Waals surface area contributed by atoms with E-state index in [9.17, 15) is 19.8 Å². The fourth-order valence-electron chi connectivity index (χ4n) is 4.22. The van der Waals surface area contributed by atoms with Gasteiger partial charge in [-0.05, 0) is 37.5 Å². The largest absolute Gasteiger partial charge is 0.507 e. The van der Waals surface area contributed by atoms with Crippen molar-refractivity contribution in [1.82, 2.24) is 0 Å². The van der Waals surface area contributed by atoms with E-state index in [0.29, 0.717) is 41.4 Å². The smallest absolute Gasteiger partial charge is 0.196 e. The minimum absolute atomic E-state index is 0.0350. The fraction of sp³-hybridized carbons (Fsp3) is 0.188. The van der Waals surface area contributed by atoms with E-state index in [4.69, 9.17) is 18.6 Å². The molecule has 1 aliphatic rings. The molecule has 0 unspecified atom stereocenters. The molecular weight excluding hydrogens is 512 g/mol. The number of hydrogen-bond acceptors (Lipinski definition) is 8. The van der Waals surface area contributed by atoms with Crippen molar-refractivity contribution in [2.45, 2.75) is 20.3 Å². The monoisotopic (exact) mass is 542 g/mol. The second-order valence-electron chi connectivity index (χ2n) is 9.17. The van der Waals surface area contributed by atoms with Gasteiger partial charge in [-0.1, -0.05) is 42.5 Å². The maximum Gasteiger partial charge on any atom is 0.196 e. The van der Waals surface area contributed by atoms with Crippen LogP contribution in [0.5, 0.6) is 28.7 Å². The minimum atomic E-state index is -0.337. The summed E-state index contributed by atoms with van der Waals surface area (Å²) in [6.07, 6.45) is 5.63. The van der Waals surface area contributed by atoms with Gasteiger partial charge in [-0.15, -0.1) is 0 Å². The van der Waals surface area contributed by atoms with E-state index < -0.39 is 0 Å². The fourth-order valence-corrected chi connectivity index (χ4v) is 4.22. The van der Waals surface area contributed by atoms with Crippen LogP contribution >= 0.6 is 0 Å². The molecule has 3 aromatic carbocycles. The number of rotatable bonds is 5. The molecule has 8 nitrogen and oxygen atoms in total. The molecule has 0 atom stereocenters. The number of aromatic hydroxyl groups is 2. The number of fused-ring (bicyclic) bond motifs is 2. The molecule has 0 saturated carbocycles. The number of carbonyl (C=O) groups excluding carboxylic acids is 1. The Bertz CT molecular complexity index is 1660. The number of methoxy groups -OCH3 is 2. The average molecular weight is 543 g/mol. The zero-order valence-corrected chi connectivity index (χ0v) is 22.7. The van der Waals surface area contributed by atoms with Crippen LogP contribution in [0.25, 0.3) is 17.0 Å². The zero-order valence-electron chi connectivity index (χ0n) is 22.7. The van der Waals surface area contributed by atoms with Gasteiger partial charge in [-0.3, -0.25) is 9.59 Å². The van der Waals surface area contributed by atoms with Crippen molar-refractivity contribution in [3.8, 4) is 28.7 Å². The van der Waals surface area contributed by atoms with Gasteiger partial charge in [0.2, 0.25) is 0 Å². The Morgan fingerprint density at radius 2 is 1.75 bits per heavy atom. The molecule has 2 heterocycles. The lowest BCUT2D eigenvalue weighted by atomic mass is 10.0. The topological polar surface area (TPSA) is 115 Å². The molecule has 4 aromatic rings. The van der Waals surface area contributed by atoms with Crippen LogP contribution in [-0.4, -0.2) is 36.8 Å². The summed E-state index contributed by atoms with van der Waals surface area (Å²) in [6.45, 7) is 4.15. The molecule has 0 aliphatic carbocycles. The highest BCUT2D eigenvalue weighted by Crippen LogP contribution is 2.37. The first kappa shape index (κ1) is 28.0. The summed E-state index contributed by atoms with van der Waals surface area (Å²) < 4.78 is 21.3.